The van der Waals surface area contributed by atoms with Crippen LogP contribution in [0.15, 0.2) is 18.2 Å². The first-order chi connectivity index (χ1) is 8.29. The van der Waals surface area contributed by atoms with Crippen molar-refractivity contribution in [3.05, 3.63) is 28.8 Å². The third kappa shape index (κ3) is 4.94. The summed E-state index contributed by atoms with van der Waals surface area (Å²) in [5.41, 5.74) is 6.06. The molecule has 0 saturated carbocycles. The average molecular weight is 272 g/mol. The van der Waals surface area contributed by atoms with E-state index in [2.05, 4.69) is 0 Å². The lowest BCUT2D eigenvalue weighted by Crippen LogP contribution is -2.22. The van der Waals surface area contributed by atoms with Gasteiger partial charge in [0.2, 0.25) is 0 Å². The van der Waals surface area contributed by atoms with Crippen molar-refractivity contribution in [1.82, 2.24) is 0 Å². The molecule has 0 spiro atoms. The van der Waals surface area contributed by atoms with Crippen LogP contribution in [0.5, 0.6) is 0 Å². The van der Waals surface area contributed by atoms with Gasteiger partial charge in [0.05, 0.1) is 17.8 Å². The molecule has 0 radical (unpaired) electrons. The predicted molar refractivity (Wildman–Crippen MR) is 71.9 cm³/mol. The van der Waals surface area contributed by atoms with Crippen molar-refractivity contribution in [1.29, 1.82) is 0 Å². The molecule has 100 valence electrons. The Morgan fingerprint density at radius 2 is 2.00 bits per heavy atom. The summed E-state index contributed by atoms with van der Waals surface area (Å²) in [4.78, 5) is 11.7. The van der Waals surface area contributed by atoms with Gasteiger partial charge in [0.15, 0.2) is 0 Å². The molecule has 1 aromatic carbocycles. The number of halogens is 1. The summed E-state index contributed by atoms with van der Waals surface area (Å²) in [6, 6.07) is 4.66. The molecule has 0 atom stereocenters. The number of ether oxygens (including phenoxy) is 2. The highest BCUT2D eigenvalue weighted by atomic mass is 35.5. The third-order valence-corrected chi connectivity index (χ3v) is 2.32. The quantitative estimate of drug-likeness (QED) is 0.520. The van der Waals surface area contributed by atoms with Crippen LogP contribution in [0.2, 0.25) is 5.02 Å². The second-order valence-electron chi connectivity index (χ2n) is 4.83. The van der Waals surface area contributed by atoms with Crippen LogP contribution in [0.4, 0.5) is 5.69 Å². The molecule has 0 aliphatic heterocycles. The van der Waals surface area contributed by atoms with Crippen molar-refractivity contribution in [2.75, 3.05) is 18.9 Å². The van der Waals surface area contributed by atoms with Gasteiger partial charge in [-0.05, 0) is 39.0 Å². The fourth-order valence-corrected chi connectivity index (χ4v) is 1.46. The van der Waals surface area contributed by atoms with Gasteiger partial charge in [0, 0.05) is 10.7 Å². The van der Waals surface area contributed by atoms with Crippen molar-refractivity contribution in [2.45, 2.75) is 26.4 Å². The second kappa shape index (κ2) is 6.07. The molecule has 0 saturated heterocycles. The largest absolute Gasteiger partial charge is 0.460 e. The SMILES string of the molecule is CC(C)(C)OCCOC(=O)c1ccc(Cl)cc1N. The summed E-state index contributed by atoms with van der Waals surface area (Å²) in [6.45, 7) is 6.35. The number of hydrogen-bond donors (Lipinski definition) is 1. The summed E-state index contributed by atoms with van der Waals surface area (Å²) in [5, 5.41) is 0.486. The minimum absolute atomic E-state index is 0.193. The minimum atomic E-state index is -0.471. The number of carbonyl (C=O) groups is 1. The molecular weight excluding hydrogens is 254 g/mol. The van der Waals surface area contributed by atoms with E-state index in [1.54, 1.807) is 12.1 Å². The number of nitrogen functional groups attached to an aromatic ring is 1. The van der Waals surface area contributed by atoms with Gasteiger partial charge < -0.3 is 15.2 Å². The molecule has 0 amide bonds. The minimum Gasteiger partial charge on any atom is -0.460 e. The molecule has 0 heterocycles. The number of anilines is 1. The standard InChI is InChI=1S/C13H18ClNO3/c1-13(2,3)18-7-6-17-12(16)10-5-4-9(14)8-11(10)15/h4-5,8H,6-7,15H2,1-3H3. The zero-order chi connectivity index (χ0) is 13.8. The highest BCUT2D eigenvalue weighted by Gasteiger charge is 2.13. The Kier molecular flexibility index (Phi) is 4.99. The third-order valence-electron chi connectivity index (χ3n) is 2.09. The molecule has 1 aromatic rings. The predicted octanol–water partition coefficient (Wildman–Crippen LogP) is 2.89. The maximum atomic E-state index is 11.7. The van der Waals surface area contributed by atoms with Crippen molar-refractivity contribution in [3.63, 3.8) is 0 Å². The number of carbonyl (C=O) groups excluding carboxylic acids is 1. The summed E-state index contributed by atoms with van der Waals surface area (Å²) in [5.74, 6) is -0.471. The Bertz CT molecular complexity index is 427. The summed E-state index contributed by atoms with van der Waals surface area (Å²) < 4.78 is 10.5. The molecule has 1 rings (SSSR count). The molecule has 0 fully saturated rings. The Balaban J connectivity index is 2.46. The molecular formula is C13H18ClNO3. The topological polar surface area (TPSA) is 61.5 Å². The van der Waals surface area contributed by atoms with Crippen molar-refractivity contribution >= 4 is 23.3 Å². The van der Waals surface area contributed by atoms with Crippen LogP contribution in [0.3, 0.4) is 0 Å². The number of rotatable bonds is 4. The first-order valence-corrected chi connectivity index (χ1v) is 6.03. The van der Waals surface area contributed by atoms with Gasteiger partial charge >= 0.3 is 5.97 Å². The summed E-state index contributed by atoms with van der Waals surface area (Å²) in [6.07, 6.45) is 0. The number of nitrogens with two attached hydrogens (primary N) is 1. The number of hydrogen-bond acceptors (Lipinski definition) is 4. The van der Waals surface area contributed by atoms with Crippen LogP contribution < -0.4 is 5.73 Å². The second-order valence-corrected chi connectivity index (χ2v) is 5.26. The lowest BCUT2D eigenvalue weighted by molar-refractivity contribution is -0.0281. The molecule has 0 aromatic heterocycles. The van der Waals surface area contributed by atoms with Gasteiger partial charge in [0.1, 0.15) is 6.61 Å². The zero-order valence-corrected chi connectivity index (χ0v) is 11.6. The van der Waals surface area contributed by atoms with Crippen molar-refractivity contribution < 1.29 is 14.3 Å². The van der Waals surface area contributed by atoms with Crippen LogP contribution in [-0.2, 0) is 9.47 Å². The monoisotopic (exact) mass is 271 g/mol. The maximum absolute atomic E-state index is 11.7. The van der Waals surface area contributed by atoms with Crippen LogP contribution >= 0.6 is 11.6 Å². The maximum Gasteiger partial charge on any atom is 0.340 e. The fraction of sp³-hybridized carbons (Fsp3) is 0.462. The Morgan fingerprint density at radius 3 is 2.56 bits per heavy atom. The normalized spacial score (nSPS) is 11.3. The molecule has 18 heavy (non-hydrogen) atoms. The first kappa shape index (κ1) is 14.8. The molecule has 0 bridgehead atoms. The van der Waals surface area contributed by atoms with E-state index < -0.39 is 5.97 Å². The van der Waals surface area contributed by atoms with Crippen LogP contribution in [0.25, 0.3) is 0 Å². The van der Waals surface area contributed by atoms with Gasteiger partial charge in [0.25, 0.3) is 0 Å². The summed E-state index contributed by atoms with van der Waals surface area (Å²) >= 11 is 5.75. The number of benzene rings is 1. The first-order valence-electron chi connectivity index (χ1n) is 5.66. The molecule has 2 N–H and O–H groups in total. The molecule has 5 heteroatoms. The van der Waals surface area contributed by atoms with E-state index >= 15 is 0 Å². The van der Waals surface area contributed by atoms with Gasteiger partial charge in [-0.2, -0.15) is 0 Å². The molecule has 4 nitrogen and oxygen atoms in total. The van der Waals surface area contributed by atoms with Crippen molar-refractivity contribution in [3.8, 4) is 0 Å². The van der Waals surface area contributed by atoms with Gasteiger partial charge in [-0.25, -0.2) is 4.79 Å². The Hall–Kier alpha value is -1.26. The number of esters is 1. The summed E-state index contributed by atoms with van der Waals surface area (Å²) in [7, 11) is 0. The molecule has 0 unspecified atom stereocenters. The van der Waals surface area contributed by atoms with Gasteiger partial charge in [-0.15, -0.1) is 0 Å². The van der Waals surface area contributed by atoms with Crippen LogP contribution in [0.1, 0.15) is 31.1 Å². The highest BCUT2D eigenvalue weighted by molar-refractivity contribution is 6.31. The van der Waals surface area contributed by atoms with E-state index in [0.29, 0.717) is 22.9 Å². The zero-order valence-electron chi connectivity index (χ0n) is 10.8. The fourth-order valence-electron chi connectivity index (χ4n) is 1.28. The van der Waals surface area contributed by atoms with E-state index in [1.165, 1.54) is 6.07 Å². The average Bonchev–Trinajstić information content (AvgIpc) is 2.22. The van der Waals surface area contributed by atoms with E-state index in [1.807, 2.05) is 20.8 Å². The lowest BCUT2D eigenvalue weighted by Gasteiger charge is -2.19. The molecule has 0 aliphatic carbocycles. The van der Waals surface area contributed by atoms with E-state index in [0.717, 1.165) is 0 Å². The van der Waals surface area contributed by atoms with Gasteiger partial charge in [-0.1, -0.05) is 11.6 Å². The van der Waals surface area contributed by atoms with E-state index in [-0.39, 0.29) is 12.2 Å². The molecule has 0 aliphatic rings. The smallest absolute Gasteiger partial charge is 0.340 e. The van der Waals surface area contributed by atoms with Crippen molar-refractivity contribution in [2.24, 2.45) is 0 Å². The van der Waals surface area contributed by atoms with E-state index in [9.17, 15) is 4.79 Å². The Labute approximate surface area is 112 Å². The highest BCUT2D eigenvalue weighted by Crippen LogP contribution is 2.18. The van der Waals surface area contributed by atoms with Gasteiger partial charge in [-0.3, -0.25) is 0 Å². The van der Waals surface area contributed by atoms with Crippen LogP contribution in [0, 0.1) is 0 Å². The lowest BCUT2D eigenvalue weighted by atomic mass is 10.2. The van der Waals surface area contributed by atoms with Crippen LogP contribution in [-0.4, -0.2) is 24.8 Å². The van der Waals surface area contributed by atoms with E-state index in [4.69, 9.17) is 26.8 Å². The Morgan fingerprint density at radius 1 is 1.33 bits per heavy atom.